The van der Waals surface area contributed by atoms with E-state index in [1.807, 2.05) is 0 Å². The van der Waals surface area contributed by atoms with Crippen LogP contribution in [0.3, 0.4) is 0 Å². The van der Waals surface area contributed by atoms with Crippen LogP contribution in [0.5, 0.6) is 5.75 Å². The summed E-state index contributed by atoms with van der Waals surface area (Å²) >= 11 is 5.66. The first-order valence-electron chi connectivity index (χ1n) is 6.81. The van der Waals surface area contributed by atoms with Gasteiger partial charge in [0.1, 0.15) is 16.1 Å². The lowest BCUT2D eigenvalue weighted by atomic mass is 10.1. The van der Waals surface area contributed by atoms with Crippen molar-refractivity contribution in [3.63, 3.8) is 0 Å². The fraction of sp³-hybridized carbons (Fsp3) is 0.143. The third kappa shape index (κ3) is 3.97. The Morgan fingerprint density at radius 3 is 2.58 bits per heavy atom. The van der Waals surface area contributed by atoms with E-state index in [4.69, 9.17) is 17.3 Å². The molecule has 26 heavy (non-hydrogen) atoms. The van der Waals surface area contributed by atoms with Crippen molar-refractivity contribution in [2.45, 2.75) is 12.5 Å². The molecule has 1 atom stereocenters. The Morgan fingerprint density at radius 2 is 2.04 bits per heavy atom. The average Bonchev–Trinajstić information content (AvgIpc) is 2.80. The van der Waals surface area contributed by atoms with E-state index in [0.29, 0.717) is 16.7 Å². The first-order chi connectivity index (χ1) is 12.1. The summed E-state index contributed by atoms with van der Waals surface area (Å²) in [5, 5.41) is 38.6. The van der Waals surface area contributed by atoms with Crippen molar-refractivity contribution in [2.24, 2.45) is 0 Å². The average molecular weight is 398 g/mol. The fourth-order valence-corrected chi connectivity index (χ4v) is 3.46. The lowest BCUT2D eigenvalue weighted by Gasteiger charge is -2.21. The quantitative estimate of drug-likeness (QED) is 0.277. The highest BCUT2D eigenvalue weighted by Gasteiger charge is 2.41. The predicted molar refractivity (Wildman–Crippen MR) is 93.4 cm³/mol. The maximum atomic E-state index is 12.5. The number of aliphatic carboxylic acids is 2. The molecule has 0 aliphatic carbocycles. The van der Waals surface area contributed by atoms with Gasteiger partial charge in [0, 0.05) is 17.7 Å². The highest BCUT2D eigenvalue weighted by atomic mass is 32.2. The molecule has 0 bridgehead atoms. The standard InChI is InChI=1S/C14H10N2O8S2/c17-9-2-1-7(16(23)24)3-6(9)4-10-12(20)15(14(25)26-10)8(13(21)22)5-11(18)19/h1-4,8,17H,5H2,(H,18,19)(H,21,22)/b10-4-. The van der Waals surface area contributed by atoms with Gasteiger partial charge < -0.3 is 15.3 Å². The van der Waals surface area contributed by atoms with E-state index < -0.39 is 35.2 Å². The molecule has 0 radical (unpaired) electrons. The summed E-state index contributed by atoms with van der Waals surface area (Å²) in [5.74, 6) is -4.16. The maximum absolute atomic E-state index is 12.5. The van der Waals surface area contributed by atoms with Crippen molar-refractivity contribution in [2.75, 3.05) is 0 Å². The Balaban J connectivity index is 2.40. The maximum Gasteiger partial charge on any atom is 0.327 e. The van der Waals surface area contributed by atoms with Gasteiger partial charge in [0.05, 0.1) is 16.2 Å². The van der Waals surface area contributed by atoms with Crippen LogP contribution in [0.2, 0.25) is 0 Å². The van der Waals surface area contributed by atoms with Gasteiger partial charge in [-0.15, -0.1) is 0 Å². The number of carbonyl (C=O) groups is 3. The molecule has 2 rings (SSSR count). The van der Waals surface area contributed by atoms with Crippen molar-refractivity contribution in [1.82, 2.24) is 4.90 Å². The van der Waals surface area contributed by atoms with Crippen LogP contribution in [0.1, 0.15) is 12.0 Å². The van der Waals surface area contributed by atoms with Crippen LogP contribution in [-0.2, 0) is 14.4 Å². The van der Waals surface area contributed by atoms with Gasteiger partial charge in [-0.1, -0.05) is 24.0 Å². The van der Waals surface area contributed by atoms with Crippen molar-refractivity contribution in [3.05, 3.63) is 38.8 Å². The molecule has 12 heteroatoms. The minimum Gasteiger partial charge on any atom is -0.507 e. The van der Waals surface area contributed by atoms with Crippen molar-refractivity contribution in [3.8, 4) is 5.75 Å². The first kappa shape index (κ1) is 19.3. The number of hydrogen-bond acceptors (Lipinski definition) is 8. The van der Waals surface area contributed by atoms with Gasteiger partial charge in [0.15, 0.2) is 0 Å². The van der Waals surface area contributed by atoms with E-state index in [1.54, 1.807) is 0 Å². The van der Waals surface area contributed by atoms with Crippen molar-refractivity contribution >= 4 is 57.9 Å². The van der Waals surface area contributed by atoms with E-state index in [0.717, 1.165) is 24.3 Å². The summed E-state index contributed by atoms with van der Waals surface area (Å²) in [6.45, 7) is 0. The third-order valence-electron chi connectivity index (χ3n) is 3.30. The Bertz CT molecular complexity index is 867. The Labute approximate surface area is 154 Å². The number of rotatable bonds is 6. The number of amides is 1. The Kier molecular flexibility index (Phi) is 5.57. The van der Waals surface area contributed by atoms with Crippen LogP contribution in [-0.4, -0.2) is 53.4 Å². The number of phenolic OH excluding ortho intramolecular Hbond substituents is 1. The van der Waals surface area contributed by atoms with Gasteiger partial charge in [-0.25, -0.2) is 4.79 Å². The van der Waals surface area contributed by atoms with Crippen LogP contribution in [0.4, 0.5) is 5.69 Å². The topological polar surface area (TPSA) is 158 Å². The molecule has 0 aromatic heterocycles. The van der Waals surface area contributed by atoms with E-state index in [1.165, 1.54) is 0 Å². The molecule has 1 heterocycles. The molecule has 10 nitrogen and oxygen atoms in total. The number of carboxylic acids is 2. The second kappa shape index (κ2) is 7.49. The van der Waals surface area contributed by atoms with Crippen LogP contribution in [0.15, 0.2) is 23.1 Å². The van der Waals surface area contributed by atoms with Crippen LogP contribution in [0, 0.1) is 10.1 Å². The lowest BCUT2D eigenvalue weighted by molar-refractivity contribution is -0.384. The summed E-state index contributed by atoms with van der Waals surface area (Å²) in [5.41, 5.74) is -0.358. The van der Waals surface area contributed by atoms with Gasteiger partial charge in [-0.2, -0.15) is 0 Å². The summed E-state index contributed by atoms with van der Waals surface area (Å²) in [6.07, 6.45) is 0.276. The first-order valence-corrected chi connectivity index (χ1v) is 8.03. The van der Waals surface area contributed by atoms with E-state index >= 15 is 0 Å². The number of carboxylic acid groups (broad SMARTS) is 2. The van der Waals surface area contributed by atoms with Gasteiger partial charge in [-0.05, 0) is 12.1 Å². The molecule has 1 saturated heterocycles. The zero-order valence-electron chi connectivity index (χ0n) is 12.7. The molecule has 136 valence electrons. The second-order valence-corrected chi connectivity index (χ2v) is 6.68. The largest absolute Gasteiger partial charge is 0.507 e. The molecule has 1 unspecified atom stereocenters. The molecule has 3 N–H and O–H groups in total. The molecule has 1 aromatic carbocycles. The summed E-state index contributed by atoms with van der Waals surface area (Å²) in [6, 6.07) is 1.50. The van der Waals surface area contributed by atoms with Crippen LogP contribution < -0.4 is 0 Å². The molecule has 0 saturated carbocycles. The number of aromatic hydroxyl groups is 1. The summed E-state index contributed by atoms with van der Waals surface area (Å²) < 4.78 is -0.167. The lowest BCUT2D eigenvalue weighted by Crippen LogP contribution is -2.45. The number of benzene rings is 1. The Hall–Kier alpha value is -2.99. The third-order valence-corrected chi connectivity index (χ3v) is 4.63. The number of nitro groups is 1. The Morgan fingerprint density at radius 1 is 1.38 bits per heavy atom. The number of non-ortho nitro benzene ring substituents is 1. The van der Waals surface area contributed by atoms with E-state index in [2.05, 4.69) is 0 Å². The smallest absolute Gasteiger partial charge is 0.327 e. The predicted octanol–water partition coefficient (Wildman–Crippen LogP) is 1.43. The number of phenols is 1. The highest BCUT2D eigenvalue weighted by molar-refractivity contribution is 8.26. The zero-order valence-corrected chi connectivity index (χ0v) is 14.3. The number of nitro benzene ring substituents is 1. The molecule has 0 spiro atoms. The van der Waals surface area contributed by atoms with Gasteiger partial charge in [0.2, 0.25) is 0 Å². The molecule has 1 amide bonds. The van der Waals surface area contributed by atoms with Crippen molar-refractivity contribution in [1.29, 1.82) is 0 Å². The van der Waals surface area contributed by atoms with Gasteiger partial charge in [-0.3, -0.25) is 24.6 Å². The van der Waals surface area contributed by atoms with Gasteiger partial charge >= 0.3 is 11.9 Å². The number of thiocarbonyl (C=S) groups is 1. The molecule has 1 fully saturated rings. The number of thioether (sulfide) groups is 1. The summed E-state index contributed by atoms with van der Waals surface area (Å²) in [4.78, 5) is 45.3. The normalized spacial score (nSPS) is 16.8. The summed E-state index contributed by atoms with van der Waals surface area (Å²) in [7, 11) is 0. The monoisotopic (exact) mass is 398 g/mol. The molecular weight excluding hydrogens is 388 g/mol. The van der Waals surface area contributed by atoms with Gasteiger partial charge in [0.25, 0.3) is 11.6 Å². The van der Waals surface area contributed by atoms with Crippen molar-refractivity contribution < 1.29 is 34.6 Å². The fourth-order valence-electron chi connectivity index (χ4n) is 2.12. The zero-order chi connectivity index (χ0) is 19.6. The van der Waals surface area contributed by atoms with E-state index in [-0.39, 0.29) is 26.2 Å². The second-order valence-electron chi connectivity index (χ2n) is 5.00. The minimum absolute atomic E-state index is 0.0372. The van der Waals surface area contributed by atoms with Crippen LogP contribution in [0.25, 0.3) is 6.08 Å². The SMILES string of the molecule is O=C(O)CC(C(=O)O)N1C(=O)/C(=C/c2cc([N+](=O)[O-])ccc2O)SC1=S. The number of carbonyl (C=O) groups excluding carboxylic acids is 1. The van der Waals surface area contributed by atoms with Crippen LogP contribution >= 0.6 is 24.0 Å². The minimum atomic E-state index is -1.69. The number of nitrogens with zero attached hydrogens (tertiary/aromatic N) is 2. The van der Waals surface area contributed by atoms with E-state index in [9.17, 15) is 34.7 Å². The molecular formula is C14H10N2O8S2. The number of hydrogen-bond donors (Lipinski definition) is 3. The molecule has 1 aliphatic heterocycles. The molecule has 1 aliphatic rings. The highest BCUT2D eigenvalue weighted by Crippen LogP contribution is 2.36. The molecule has 1 aromatic rings.